The van der Waals surface area contributed by atoms with Gasteiger partial charge in [-0.3, -0.25) is 4.79 Å². The summed E-state index contributed by atoms with van der Waals surface area (Å²) in [6.07, 6.45) is 1.05. The Morgan fingerprint density at radius 3 is 2.42 bits per heavy atom. The average Bonchev–Trinajstić information content (AvgIpc) is 2.37. The number of halogens is 2. The highest BCUT2D eigenvalue weighted by Crippen LogP contribution is 2.21. The van der Waals surface area contributed by atoms with E-state index in [-0.39, 0.29) is 5.56 Å². The van der Waals surface area contributed by atoms with Gasteiger partial charge in [0.15, 0.2) is 5.82 Å². The van der Waals surface area contributed by atoms with Crippen molar-refractivity contribution < 1.29 is 13.6 Å². The van der Waals surface area contributed by atoms with E-state index < -0.39 is 17.7 Å². The molecule has 0 unspecified atom stereocenters. The van der Waals surface area contributed by atoms with Crippen LogP contribution in [0.15, 0.2) is 30.5 Å². The van der Waals surface area contributed by atoms with Crippen molar-refractivity contribution in [3.63, 3.8) is 0 Å². The van der Waals surface area contributed by atoms with Crippen LogP contribution in [-0.2, 0) is 0 Å². The average molecular weight is 262 g/mol. The maximum atomic E-state index is 13.5. The maximum absolute atomic E-state index is 13.5. The van der Waals surface area contributed by atoms with Gasteiger partial charge in [-0.1, -0.05) is 18.2 Å². The van der Waals surface area contributed by atoms with E-state index in [9.17, 15) is 13.6 Å². The molecule has 0 aliphatic carbocycles. The van der Waals surface area contributed by atoms with E-state index in [1.165, 1.54) is 0 Å². The Hall–Kier alpha value is -2.30. The summed E-state index contributed by atoms with van der Waals surface area (Å²) in [5.41, 5.74) is 1.94. The lowest BCUT2D eigenvalue weighted by Crippen LogP contribution is -2.16. The standard InChI is InChI=1S/C14H12F2N2O/c1-8-4-3-5-9(2)12(8)18-14(19)10-6-7-17-13(16)11(10)15/h3-7H,1-2H3,(H,18,19). The summed E-state index contributed by atoms with van der Waals surface area (Å²) in [5.74, 6) is -3.23. The fourth-order valence-corrected chi connectivity index (χ4v) is 1.79. The SMILES string of the molecule is Cc1cccc(C)c1NC(=O)c1ccnc(F)c1F. The first-order chi connectivity index (χ1) is 9.00. The molecule has 0 radical (unpaired) electrons. The van der Waals surface area contributed by atoms with E-state index >= 15 is 0 Å². The van der Waals surface area contributed by atoms with Gasteiger partial charge in [-0.15, -0.1) is 0 Å². The molecule has 1 heterocycles. The normalized spacial score (nSPS) is 10.3. The Kier molecular flexibility index (Phi) is 3.55. The van der Waals surface area contributed by atoms with Gasteiger partial charge in [-0.2, -0.15) is 4.39 Å². The van der Waals surface area contributed by atoms with Crippen LogP contribution in [-0.4, -0.2) is 10.9 Å². The molecule has 0 aliphatic rings. The molecule has 2 rings (SSSR count). The molecule has 19 heavy (non-hydrogen) atoms. The Morgan fingerprint density at radius 2 is 1.79 bits per heavy atom. The highest BCUT2D eigenvalue weighted by molar-refractivity contribution is 6.05. The molecule has 98 valence electrons. The van der Waals surface area contributed by atoms with Gasteiger partial charge >= 0.3 is 0 Å². The van der Waals surface area contributed by atoms with Crippen molar-refractivity contribution >= 4 is 11.6 Å². The highest BCUT2D eigenvalue weighted by atomic mass is 19.2. The molecular formula is C14H12F2N2O. The minimum atomic E-state index is -1.28. The number of carbonyl (C=O) groups is 1. The Morgan fingerprint density at radius 1 is 1.16 bits per heavy atom. The Bertz CT molecular complexity index is 621. The third kappa shape index (κ3) is 2.59. The number of aromatic nitrogens is 1. The first-order valence-corrected chi connectivity index (χ1v) is 5.68. The number of aryl methyl sites for hydroxylation is 2. The van der Waals surface area contributed by atoms with Crippen LogP contribution in [0, 0.1) is 25.6 Å². The van der Waals surface area contributed by atoms with Crippen LogP contribution in [0.2, 0.25) is 0 Å². The first kappa shape index (κ1) is 13.1. The van der Waals surface area contributed by atoms with Crippen LogP contribution in [0.3, 0.4) is 0 Å². The smallest absolute Gasteiger partial charge is 0.258 e. The second-order valence-corrected chi connectivity index (χ2v) is 4.18. The lowest BCUT2D eigenvalue weighted by atomic mass is 10.1. The number of carbonyl (C=O) groups excluding carboxylic acids is 1. The van der Waals surface area contributed by atoms with Crippen molar-refractivity contribution in [2.45, 2.75) is 13.8 Å². The van der Waals surface area contributed by atoms with Crippen molar-refractivity contribution in [1.29, 1.82) is 0 Å². The van der Waals surface area contributed by atoms with Gasteiger partial charge < -0.3 is 5.32 Å². The van der Waals surface area contributed by atoms with Gasteiger partial charge in [-0.25, -0.2) is 9.37 Å². The van der Waals surface area contributed by atoms with Crippen molar-refractivity contribution in [3.8, 4) is 0 Å². The summed E-state index contributed by atoms with van der Waals surface area (Å²) >= 11 is 0. The minimum absolute atomic E-state index is 0.366. The first-order valence-electron chi connectivity index (χ1n) is 5.68. The lowest BCUT2D eigenvalue weighted by Gasteiger charge is -2.11. The summed E-state index contributed by atoms with van der Waals surface area (Å²) in [7, 11) is 0. The molecule has 0 fully saturated rings. The van der Waals surface area contributed by atoms with E-state index in [1.54, 1.807) is 0 Å². The number of pyridine rings is 1. The topological polar surface area (TPSA) is 42.0 Å². The van der Waals surface area contributed by atoms with E-state index in [4.69, 9.17) is 0 Å². The van der Waals surface area contributed by atoms with Crippen LogP contribution < -0.4 is 5.32 Å². The minimum Gasteiger partial charge on any atom is -0.321 e. The molecule has 1 aromatic heterocycles. The maximum Gasteiger partial charge on any atom is 0.258 e. The molecule has 5 heteroatoms. The highest BCUT2D eigenvalue weighted by Gasteiger charge is 2.17. The number of anilines is 1. The van der Waals surface area contributed by atoms with Gasteiger partial charge in [0.05, 0.1) is 5.56 Å². The second kappa shape index (κ2) is 5.14. The zero-order chi connectivity index (χ0) is 14.0. The molecule has 1 aromatic carbocycles. The molecule has 0 saturated carbocycles. The Balaban J connectivity index is 2.34. The molecule has 0 bridgehead atoms. The van der Waals surface area contributed by atoms with Crippen LogP contribution in [0.4, 0.5) is 14.5 Å². The summed E-state index contributed by atoms with van der Waals surface area (Å²) in [6.45, 7) is 3.65. The van der Waals surface area contributed by atoms with Gasteiger partial charge in [0.1, 0.15) is 0 Å². The van der Waals surface area contributed by atoms with E-state index in [0.717, 1.165) is 23.4 Å². The summed E-state index contributed by atoms with van der Waals surface area (Å²) in [5, 5.41) is 2.59. The van der Waals surface area contributed by atoms with Crippen LogP contribution >= 0.6 is 0 Å². The molecule has 0 saturated heterocycles. The molecule has 0 spiro atoms. The third-order valence-electron chi connectivity index (χ3n) is 2.81. The molecule has 1 N–H and O–H groups in total. The number of amides is 1. The number of hydrogen-bond donors (Lipinski definition) is 1. The predicted octanol–water partition coefficient (Wildman–Crippen LogP) is 3.23. The molecule has 1 amide bonds. The Labute approximate surface area is 109 Å². The molecular weight excluding hydrogens is 250 g/mol. The summed E-state index contributed by atoms with van der Waals surface area (Å²) < 4.78 is 26.4. The van der Waals surface area contributed by atoms with Crippen molar-refractivity contribution in [1.82, 2.24) is 4.98 Å². The zero-order valence-corrected chi connectivity index (χ0v) is 10.5. The zero-order valence-electron chi connectivity index (χ0n) is 10.5. The predicted molar refractivity (Wildman–Crippen MR) is 68.0 cm³/mol. The van der Waals surface area contributed by atoms with Crippen molar-refractivity contribution in [2.75, 3.05) is 5.32 Å². The quantitative estimate of drug-likeness (QED) is 0.844. The largest absolute Gasteiger partial charge is 0.321 e. The number of nitrogens with one attached hydrogen (secondary N) is 1. The van der Waals surface area contributed by atoms with Crippen LogP contribution in [0.1, 0.15) is 21.5 Å². The fraction of sp³-hybridized carbons (Fsp3) is 0.143. The summed E-state index contributed by atoms with van der Waals surface area (Å²) in [6, 6.07) is 6.65. The monoisotopic (exact) mass is 262 g/mol. The van der Waals surface area contributed by atoms with Crippen molar-refractivity contribution in [3.05, 3.63) is 58.9 Å². The molecule has 2 aromatic rings. The molecule has 3 nitrogen and oxygen atoms in total. The van der Waals surface area contributed by atoms with Crippen LogP contribution in [0.25, 0.3) is 0 Å². The fourth-order valence-electron chi connectivity index (χ4n) is 1.79. The number of para-hydroxylation sites is 1. The molecule has 0 atom stereocenters. The van der Waals surface area contributed by atoms with E-state index in [1.807, 2.05) is 32.0 Å². The van der Waals surface area contributed by atoms with Gasteiger partial charge in [0.25, 0.3) is 5.91 Å². The number of hydrogen-bond acceptors (Lipinski definition) is 2. The lowest BCUT2D eigenvalue weighted by molar-refractivity contribution is 0.102. The summed E-state index contributed by atoms with van der Waals surface area (Å²) in [4.78, 5) is 15.1. The second-order valence-electron chi connectivity index (χ2n) is 4.18. The van der Waals surface area contributed by atoms with Gasteiger partial charge in [-0.05, 0) is 31.0 Å². The molecule has 0 aliphatic heterocycles. The van der Waals surface area contributed by atoms with E-state index in [0.29, 0.717) is 5.69 Å². The number of benzene rings is 1. The number of rotatable bonds is 2. The van der Waals surface area contributed by atoms with Gasteiger partial charge in [0, 0.05) is 11.9 Å². The van der Waals surface area contributed by atoms with Gasteiger partial charge in [0.2, 0.25) is 5.95 Å². The van der Waals surface area contributed by atoms with Crippen LogP contribution in [0.5, 0.6) is 0 Å². The van der Waals surface area contributed by atoms with E-state index in [2.05, 4.69) is 10.3 Å². The third-order valence-corrected chi connectivity index (χ3v) is 2.81. The number of nitrogens with zero attached hydrogens (tertiary/aromatic N) is 1. The van der Waals surface area contributed by atoms with Crippen molar-refractivity contribution in [2.24, 2.45) is 0 Å².